The predicted molar refractivity (Wildman–Crippen MR) is 113 cm³/mol. The minimum Gasteiger partial charge on any atom is -0.378 e. The molecule has 1 unspecified atom stereocenters. The van der Waals surface area contributed by atoms with Crippen LogP contribution >= 0.6 is 0 Å². The molecule has 0 aliphatic carbocycles. The summed E-state index contributed by atoms with van der Waals surface area (Å²) in [6.45, 7) is 5.02. The molecule has 2 heterocycles. The Labute approximate surface area is 178 Å². The Morgan fingerprint density at radius 1 is 1.19 bits per heavy atom. The van der Waals surface area contributed by atoms with E-state index in [0.29, 0.717) is 0 Å². The summed E-state index contributed by atoms with van der Waals surface area (Å²) < 4.78 is 6.67. The van der Waals surface area contributed by atoms with E-state index in [1.165, 1.54) is 35.5 Å². The molecule has 10 heteroatoms. The van der Waals surface area contributed by atoms with Gasteiger partial charge in [-0.1, -0.05) is 12.1 Å². The van der Waals surface area contributed by atoms with Crippen molar-refractivity contribution in [2.24, 2.45) is 0 Å². The van der Waals surface area contributed by atoms with Crippen molar-refractivity contribution < 1.29 is 14.5 Å². The van der Waals surface area contributed by atoms with Gasteiger partial charge in [0.05, 0.1) is 24.2 Å². The first-order valence-electron chi connectivity index (χ1n) is 9.90. The standard InChI is InChI=1S/C21H22N6O4/c1-15(16-2-5-18(6-3-16)25-8-10-31-11-9-25)24-21(28)17-4-7-19(20(12-17)27(29)30)26-14-22-13-23-26/h2-7,12-15H,8-11H2,1H3,(H,24,28). The molecule has 3 aromatic rings. The smallest absolute Gasteiger partial charge is 0.295 e. The van der Waals surface area contributed by atoms with Crippen LogP contribution in [0, 0.1) is 10.1 Å². The van der Waals surface area contributed by atoms with Gasteiger partial charge in [0.15, 0.2) is 0 Å². The highest BCUT2D eigenvalue weighted by Crippen LogP contribution is 2.25. The molecule has 1 aromatic heterocycles. The first-order chi connectivity index (χ1) is 15.0. The van der Waals surface area contributed by atoms with Gasteiger partial charge in [-0.05, 0) is 36.8 Å². The zero-order valence-corrected chi connectivity index (χ0v) is 17.0. The molecule has 4 rings (SSSR count). The quantitative estimate of drug-likeness (QED) is 0.479. The lowest BCUT2D eigenvalue weighted by Gasteiger charge is -2.29. The lowest BCUT2D eigenvalue weighted by Crippen LogP contribution is -2.36. The van der Waals surface area contributed by atoms with E-state index in [-0.39, 0.29) is 23.0 Å². The van der Waals surface area contributed by atoms with Gasteiger partial charge in [-0.15, -0.1) is 0 Å². The Morgan fingerprint density at radius 2 is 1.94 bits per heavy atom. The van der Waals surface area contributed by atoms with Crippen molar-refractivity contribution >= 4 is 17.3 Å². The normalized spacial score (nSPS) is 14.8. The number of nitrogens with one attached hydrogen (secondary N) is 1. The van der Waals surface area contributed by atoms with Crippen LogP contribution in [-0.4, -0.2) is 51.9 Å². The highest BCUT2D eigenvalue weighted by Gasteiger charge is 2.20. The number of hydrogen-bond donors (Lipinski definition) is 1. The molecule has 1 atom stereocenters. The average molecular weight is 422 g/mol. The largest absolute Gasteiger partial charge is 0.378 e. The number of benzene rings is 2. The first-order valence-corrected chi connectivity index (χ1v) is 9.90. The van der Waals surface area contributed by atoms with E-state index in [4.69, 9.17) is 4.74 Å². The molecule has 1 amide bonds. The van der Waals surface area contributed by atoms with Gasteiger partial charge in [-0.2, -0.15) is 5.10 Å². The van der Waals surface area contributed by atoms with Crippen LogP contribution in [0.5, 0.6) is 0 Å². The number of morpholine rings is 1. The molecular formula is C21H22N6O4. The van der Waals surface area contributed by atoms with Gasteiger partial charge in [-0.25, -0.2) is 9.67 Å². The van der Waals surface area contributed by atoms with E-state index >= 15 is 0 Å². The van der Waals surface area contributed by atoms with Crippen molar-refractivity contribution in [3.8, 4) is 5.69 Å². The highest BCUT2D eigenvalue weighted by atomic mass is 16.6. The second kappa shape index (κ2) is 8.92. The molecule has 1 N–H and O–H groups in total. The van der Waals surface area contributed by atoms with Crippen molar-refractivity contribution in [3.63, 3.8) is 0 Å². The number of carbonyl (C=O) groups excluding carboxylic acids is 1. The van der Waals surface area contributed by atoms with Crippen molar-refractivity contribution in [3.05, 3.63) is 76.4 Å². The zero-order valence-electron chi connectivity index (χ0n) is 17.0. The van der Waals surface area contributed by atoms with Crippen molar-refractivity contribution in [1.29, 1.82) is 0 Å². The van der Waals surface area contributed by atoms with Crippen molar-refractivity contribution in [2.45, 2.75) is 13.0 Å². The Hall–Kier alpha value is -3.79. The molecular weight excluding hydrogens is 400 g/mol. The van der Waals surface area contributed by atoms with Crippen LogP contribution in [0.25, 0.3) is 5.69 Å². The minimum absolute atomic E-state index is 0.201. The fourth-order valence-corrected chi connectivity index (χ4v) is 3.50. The molecule has 31 heavy (non-hydrogen) atoms. The summed E-state index contributed by atoms with van der Waals surface area (Å²) >= 11 is 0. The van der Waals surface area contributed by atoms with E-state index in [9.17, 15) is 14.9 Å². The van der Waals surface area contributed by atoms with E-state index in [2.05, 4.69) is 20.3 Å². The van der Waals surface area contributed by atoms with Crippen molar-refractivity contribution in [1.82, 2.24) is 20.1 Å². The van der Waals surface area contributed by atoms with Gasteiger partial charge >= 0.3 is 0 Å². The molecule has 2 aromatic carbocycles. The Kier molecular flexibility index (Phi) is 5.89. The number of anilines is 1. The second-order valence-corrected chi connectivity index (χ2v) is 7.19. The van der Waals surface area contributed by atoms with E-state index in [0.717, 1.165) is 37.6 Å². The topological polar surface area (TPSA) is 115 Å². The predicted octanol–water partition coefficient (Wildman–Crippen LogP) is 2.50. The number of rotatable bonds is 6. The average Bonchev–Trinajstić information content (AvgIpc) is 3.34. The van der Waals surface area contributed by atoms with Crippen LogP contribution in [0.2, 0.25) is 0 Å². The minimum atomic E-state index is -0.540. The number of amides is 1. The molecule has 1 fully saturated rings. The summed E-state index contributed by atoms with van der Waals surface area (Å²) in [4.78, 5) is 29.7. The third kappa shape index (κ3) is 4.53. The number of ether oxygens (including phenoxy) is 1. The summed E-state index contributed by atoms with van der Waals surface area (Å²) in [6, 6.07) is 12.0. The van der Waals surface area contributed by atoms with E-state index in [1.807, 2.05) is 31.2 Å². The number of hydrogen-bond acceptors (Lipinski definition) is 7. The third-order valence-corrected chi connectivity index (χ3v) is 5.22. The Balaban J connectivity index is 1.47. The maximum atomic E-state index is 12.7. The summed E-state index contributed by atoms with van der Waals surface area (Å²) in [5, 5.41) is 18.3. The van der Waals surface area contributed by atoms with Crippen LogP contribution in [0.4, 0.5) is 11.4 Å². The Bertz CT molecular complexity index is 1060. The van der Waals surface area contributed by atoms with Gasteiger partial charge < -0.3 is 15.0 Å². The summed E-state index contributed by atoms with van der Waals surface area (Å²) in [6.07, 6.45) is 2.65. The summed E-state index contributed by atoms with van der Waals surface area (Å²) in [7, 11) is 0. The van der Waals surface area contributed by atoms with Gasteiger partial charge in [-0.3, -0.25) is 14.9 Å². The van der Waals surface area contributed by atoms with Crippen LogP contribution in [0.3, 0.4) is 0 Å². The molecule has 1 aliphatic rings. The lowest BCUT2D eigenvalue weighted by molar-refractivity contribution is -0.384. The van der Waals surface area contributed by atoms with Gasteiger partial charge in [0.25, 0.3) is 11.6 Å². The molecule has 1 aliphatic heterocycles. The second-order valence-electron chi connectivity index (χ2n) is 7.19. The van der Waals surface area contributed by atoms with Gasteiger partial charge in [0, 0.05) is 30.4 Å². The molecule has 160 valence electrons. The van der Waals surface area contributed by atoms with Crippen LogP contribution in [-0.2, 0) is 4.74 Å². The van der Waals surface area contributed by atoms with E-state index in [1.54, 1.807) is 0 Å². The number of nitrogens with zero attached hydrogens (tertiary/aromatic N) is 5. The van der Waals surface area contributed by atoms with E-state index < -0.39 is 10.8 Å². The molecule has 0 radical (unpaired) electrons. The Morgan fingerprint density at radius 3 is 2.58 bits per heavy atom. The summed E-state index contributed by atoms with van der Waals surface area (Å²) in [5.74, 6) is -0.391. The molecule has 0 spiro atoms. The number of carbonyl (C=O) groups is 1. The number of nitro benzene ring substituents is 1. The van der Waals surface area contributed by atoms with Gasteiger partial charge in [0.1, 0.15) is 18.3 Å². The molecule has 1 saturated heterocycles. The maximum Gasteiger partial charge on any atom is 0.295 e. The van der Waals surface area contributed by atoms with Gasteiger partial charge in [0.2, 0.25) is 0 Å². The van der Waals surface area contributed by atoms with Crippen molar-refractivity contribution in [2.75, 3.05) is 31.2 Å². The number of nitro groups is 1. The zero-order chi connectivity index (χ0) is 21.8. The molecule has 10 nitrogen and oxygen atoms in total. The SMILES string of the molecule is CC(NC(=O)c1ccc(-n2cncn2)c([N+](=O)[O-])c1)c1ccc(N2CCOCC2)cc1. The molecule has 0 saturated carbocycles. The fourth-order valence-electron chi connectivity index (χ4n) is 3.50. The number of aromatic nitrogens is 3. The highest BCUT2D eigenvalue weighted by molar-refractivity contribution is 5.95. The fraction of sp³-hybridized carbons (Fsp3) is 0.286. The summed E-state index contributed by atoms with van der Waals surface area (Å²) in [5.41, 5.74) is 2.28. The molecule has 0 bridgehead atoms. The first kappa shape index (κ1) is 20.5. The monoisotopic (exact) mass is 422 g/mol. The van der Waals surface area contributed by atoms with Crippen LogP contribution < -0.4 is 10.2 Å². The van der Waals surface area contributed by atoms with Crippen LogP contribution in [0.1, 0.15) is 28.9 Å². The van der Waals surface area contributed by atoms with Crippen LogP contribution in [0.15, 0.2) is 55.1 Å². The maximum absolute atomic E-state index is 12.7. The lowest BCUT2D eigenvalue weighted by atomic mass is 10.1. The third-order valence-electron chi connectivity index (χ3n) is 5.22.